The fourth-order valence-corrected chi connectivity index (χ4v) is 4.66. The van der Waals surface area contributed by atoms with E-state index in [9.17, 15) is 4.79 Å². The third-order valence-electron chi connectivity index (χ3n) is 5.34. The Bertz CT molecular complexity index is 899. The first-order chi connectivity index (χ1) is 14.2. The SMILES string of the molecule is CCNC(=NCC(=O)N1CCc2sccc2C1)NCCc1ccc2c(c1)CCO2.I. The number of hydrogen-bond acceptors (Lipinski definition) is 4. The summed E-state index contributed by atoms with van der Waals surface area (Å²) < 4.78 is 5.57. The quantitative estimate of drug-likeness (QED) is 0.336. The zero-order valence-electron chi connectivity index (χ0n) is 17.3. The Labute approximate surface area is 199 Å². The first-order valence-corrected chi connectivity index (χ1v) is 11.2. The number of aliphatic imine (C=N–C) groups is 1. The minimum absolute atomic E-state index is 0. The number of thiophene rings is 1. The molecule has 4 rings (SSSR count). The minimum atomic E-state index is 0. The largest absolute Gasteiger partial charge is 0.493 e. The molecular formula is C22H29IN4O2S. The van der Waals surface area contributed by atoms with E-state index < -0.39 is 0 Å². The molecule has 1 aromatic carbocycles. The third-order valence-corrected chi connectivity index (χ3v) is 6.36. The summed E-state index contributed by atoms with van der Waals surface area (Å²) in [6.45, 7) is 6.01. The van der Waals surface area contributed by atoms with Crippen LogP contribution in [-0.4, -0.2) is 49.6 Å². The average molecular weight is 540 g/mol. The van der Waals surface area contributed by atoms with E-state index in [1.165, 1.54) is 21.6 Å². The van der Waals surface area contributed by atoms with Crippen LogP contribution in [0, 0.1) is 0 Å². The molecule has 162 valence electrons. The second-order valence-electron chi connectivity index (χ2n) is 7.35. The van der Waals surface area contributed by atoms with Gasteiger partial charge < -0.3 is 20.3 Å². The number of nitrogens with one attached hydrogen (secondary N) is 2. The summed E-state index contributed by atoms with van der Waals surface area (Å²) in [4.78, 5) is 20.4. The van der Waals surface area contributed by atoms with Crippen LogP contribution in [0.1, 0.15) is 28.5 Å². The van der Waals surface area contributed by atoms with Crippen LogP contribution in [0.15, 0.2) is 34.6 Å². The highest BCUT2D eigenvalue weighted by molar-refractivity contribution is 14.0. The highest BCUT2D eigenvalue weighted by Crippen LogP contribution is 2.26. The fourth-order valence-electron chi connectivity index (χ4n) is 3.77. The highest BCUT2D eigenvalue weighted by Gasteiger charge is 2.21. The van der Waals surface area contributed by atoms with E-state index in [0.717, 1.165) is 51.3 Å². The van der Waals surface area contributed by atoms with Gasteiger partial charge in [-0.1, -0.05) is 12.1 Å². The molecule has 3 heterocycles. The number of benzene rings is 1. The molecule has 1 amide bonds. The van der Waals surface area contributed by atoms with Gasteiger partial charge in [0.2, 0.25) is 5.91 Å². The molecule has 0 atom stereocenters. The maximum atomic E-state index is 12.6. The monoisotopic (exact) mass is 540 g/mol. The van der Waals surface area contributed by atoms with E-state index in [0.29, 0.717) is 12.5 Å². The molecule has 2 aromatic rings. The number of rotatable bonds is 6. The summed E-state index contributed by atoms with van der Waals surface area (Å²) in [5, 5.41) is 8.68. The molecule has 6 nitrogen and oxygen atoms in total. The van der Waals surface area contributed by atoms with Crippen molar-refractivity contribution in [1.82, 2.24) is 15.5 Å². The van der Waals surface area contributed by atoms with Gasteiger partial charge in [-0.15, -0.1) is 35.3 Å². The van der Waals surface area contributed by atoms with Gasteiger partial charge in [0, 0.05) is 37.5 Å². The van der Waals surface area contributed by atoms with Crippen molar-refractivity contribution < 1.29 is 9.53 Å². The number of hydrogen-bond donors (Lipinski definition) is 2. The summed E-state index contributed by atoms with van der Waals surface area (Å²) in [6, 6.07) is 8.54. The standard InChI is InChI=1S/C22H28N4O2S.HI/c1-2-23-22(24-9-5-16-3-4-19-17(13-16)7-11-28-19)25-14-21(27)26-10-6-20-18(15-26)8-12-29-20;/h3-4,8,12-13H,2,5-7,9-11,14-15H2,1H3,(H2,23,24,25);1H. The second-order valence-corrected chi connectivity index (χ2v) is 8.35. The first kappa shape index (κ1) is 22.9. The number of nitrogens with zero attached hydrogens (tertiary/aromatic N) is 2. The van der Waals surface area contributed by atoms with Crippen molar-refractivity contribution >= 4 is 47.2 Å². The fraction of sp³-hybridized carbons (Fsp3) is 0.455. The Morgan fingerprint density at radius 1 is 1.23 bits per heavy atom. The number of ether oxygens (including phenoxy) is 1. The van der Waals surface area contributed by atoms with E-state index in [1.807, 2.05) is 11.8 Å². The van der Waals surface area contributed by atoms with Crippen molar-refractivity contribution in [3.05, 3.63) is 51.2 Å². The van der Waals surface area contributed by atoms with Gasteiger partial charge >= 0.3 is 0 Å². The van der Waals surface area contributed by atoms with E-state index >= 15 is 0 Å². The molecule has 2 N–H and O–H groups in total. The van der Waals surface area contributed by atoms with E-state index in [4.69, 9.17) is 4.74 Å². The summed E-state index contributed by atoms with van der Waals surface area (Å²) in [5.41, 5.74) is 3.86. The van der Waals surface area contributed by atoms with Crippen molar-refractivity contribution in [3.8, 4) is 5.75 Å². The third kappa shape index (κ3) is 5.66. The molecule has 0 saturated carbocycles. The molecule has 0 fully saturated rings. The van der Waals surface area contributed by atoms with Crippen LogP contribution in [0.3, 0.4) is 0 Å². The van der Waals surface area contributed by atoms with Crippen LogP contribution in [0.5, 0.6) is 5.75 Å². The molecule has 2 aliphatic heterocycles. The molecule has 30 heavy (non-hydrogen) atoms. The van der Waals surface area contributed by atoms with Gasteiger partial charge in [-0.3, -0.25) is 4.79 Å². The van der Waals surface area contributed by atoms with Crippen molar-refractivity contribution in [3.63, 3.8) is 0 Å². The van der Waals surface area contributed by atoms with Gasteiger partial charge in [0.15, 0.2) is 5.96 Å². The van der Waals surface area contributed by atoms with Gasteiger partial charge in [0.25, 0.3) is 0 Å². The molecule has 0 bridgehead atoms. The number of guanidine groups is 1. The van der Waals surface area contributed by atoms with Gasteiger partial charge in [-0.2, -0.15) is 0 Å². The van der Waals surface area contributed by atoms with Crippen molar-refractivity contribution in [2.75, 3.05) is 32.8 Å². The molecule has 0 radical (unpaired) electrons. The minimum Gasteiger partial charge on any atom is -0.493 e. The Morgan fingerprint density at radius 2 is 2.13 bits per heavy atom. The maximum Gasteiger partial charge on any atom is 0.244 e. The van der Waals surface area contributed by atoms with Gasteiger partial charge in [-0.25, -0.2) is 4.99 Å². The molecule has 8 heteroatoms. The average Bonchev–Trinajstić information content (AvgIpc) is 3.39. The van der Waals surface area contributed by atoms with Crippen LogP contribution in [0.4, 0.5) is 0 Å². The van der Waals surface area contributed by atoms with E-state index in [1.54, 1.807) is 11.3 Å². The molecule has 1 aromatic heterocycles. The van der Waals surface area contributed by atoms with Gasteiger partial charge in [-0.05, 0) is 54.0 Å². The van der Waals surface area contributed by atoms with Gasteiger partial charge in [0.1, 0.15) is 12.3 Å². The Morgan fingerprint density at radius 3 is 3.00 bits per heavy atom. The van der Waals surface area contributed by atoms with Crippen molar-refractivity contribution in [1.29, 1.82) is 0 Å². The van der Waals surface area contributed by atoms with Crippen LogP contribution in [0.2, 0.25) is 0 Å². The lowest BCUT2D eigenvalue weighted by Crippen LogP contribution is -2.40. The zero-order valence-corrected chi connectivity index (χ0v) is 20.4. The molecule has 0 aliphatic carbocycles. The summed E-state index contributed by atoms with van der Waals surface area (Å²) >= 11 is 1.79. The number of halogens is 1. The van der Waals surface area contributed by atoms with Crippen molar-refractivity contribution in [2.45, 2.75) is 32.7 Å². The number of amides is 1. The second kappa shape index (κ2) is 11.0. The Balaban J connectivity index is 0.00000256. The molecule has 2 aliphatic rings. The lowest BCUT2D eigenvalue weighted by molar-refractivity contribution is -0.130. The molecule has 0 spiro atoms. The molecule has 0 unspecified atom stereocenters. The normalized spacial score (nSPS) is 15.0. The molecular weight excluding hydrogens is 511 g/mol. The maximum absolute atomic E-state index is 12.6. The lowest BCUT2D eigenvalue weighted by atomic mass is 10.1. The summed E-state index contributed by atoms with van der Waals surface area (Å²) in [6.07, 6.45) is 2.84. The smallest absolute Gasteiger partial charge is 0.244 e. The Hall–Kier alpha value is -1.81. The van der Waals surface area contributed by atoms with Crippen LogP contribution < -0.4 is 15.4 Å². The predicted molar refractivity (Wildman–Crippen MR) is 132 cm³/mol. The predicted octanol–water partition coefficient (Wildman–Crippen LogP) is 2.98. The van der Waals surface area contributed by atoms with Crippen LogP contribution in [0.25, 0.3) is 0 Å². The number of carbonyl (C=O) groups excluding carboxylic acids is 1. The summed E-state index contributed by atoms with van der Waals surface area (Å²) in [7, 11) is 0. The molecule has 0 saturated heterocycles. The van der Waals surface area contributed by atoms with Crippen LogP contribution >= 0.6 is 35.3 Å². The summed E-state index contributed by atoms with van der Waals surface area (Å²) in [5.74, 6) is 1.79. The number of fused-ring (bicyclic) bond motifs is 2. The van der Waals surface area contributed by atoms with Crippen molar-refractivity contribution in [2.24, 2.45) is 4.99 Å². The van der Waals surface area contributed by atoms with E-state index in [-0.39, 0.29) is 36.4 Å². The Kier molecular flexibility index (Phi) is 8.38. The topological polar surface area (TPSA) is 66.0 Å². The first-order valence-electron chi connectivity index (χ1n) is 10.3. The lowest BCUT2D eigenvalue weighted by Gasteiger charge is -2.26. The van der Waals surface area contributed by atoms with E-state index in [2.05, 4.69) is 45.3 Å². The number of carbonyl (C=O) groups is 1. The zero-order chi connectivity index (χ0) is 20.1. The highest BCUT2D eigenvalue weighted by atomic mass is 127. The van der Waals surface area contributed by atoms with Gasteiger partial charge in [0.05, 0.1) is 6.61 Å². The van der Waals surface area contributed by atoms with Crippen LogP contribution in [-0.2, 0) is 30.6 Å².